The lowest BCUT2D eigenvalue weighted by atomic mass is 9.66. The molecular weight excluding hydrogens is 126 g/mol. The van der Waals surface area contributed by atoms with Crippen molar-refractivity contribution in [3.8, 4) is 0 Å². The summed E-state index contributed by atoms with van der Waals surface area (Å²) < 4.78 is 0. The van der Waals surface area contributed by atoms with E-state index in [1.54, 1.807) is 0 Å². The van der Waals surface area contributed by atoms with Crippen molar-refractivity contribution in [3.63, 3.8) is 0 Å². The minimum atomic E-state index is 0.314. The summed E-state index contributed by atoms with van der Waals surface area (Å²) in [6.45, 7) is 2.56. The average Bonchev–Trinajstić information content (AvgIpc) is 1.85. The van der Waals surface area contributed by atoms with E-state index in [4.69, 9.17) is 5.11 Å². The van der Waals surface area contributed by atoms with Crippen LogP contribution in [-0.4, -0.2) is 23.8 Å². The van der Waals surface area contributed by atoms with Crippen LogP contribution >= 0.6 is 0 Å². The zero-order chi connectivity index (χ0) is 7.14. The zero-order valence-electron chi connectivity index (χ0n) is 6.38. The van der Waals surface area contributed by atoms with Crippen LogP contribution in [0.15, 0.2) is 0 Å². The van der Waals surface area contributed by atoms with Crippen molar-refractivity contribution in [2.24, 2.45) is 11.8 Å². The lowest BCUT2D eigenvalue weighted by molar-refractivity contribution is 0.0286. The van der Waals surface area contributed by atoms with Crippen LogP contribution in [0.1, 0.15) is 19.8 Å². The third kappa shape index (κ3) is 0.789. The molecule has 0 aromatic heterocycles. The fraction of sp³-hybridized carbons (Fsp3) is 1.00. The number of hydrogen-bond acceptors (Lipinski definition) is 2. The van der Waals surface area contributed by atoms with Gasteiger partial charge in [0, 0.05) is 12.1 Å². The van der Waals surface area contributed by atoms with Gasteiger partial charge in [0.2, 0.25) is 0 Å². The largest absolute Gasteiger partial charge is 0.395 e. The lowest BCUT2D eigenvalue weighted by Crippen LogP contribution is -2.60. The molecule has 0 aromatic carbocycles. The van der Waals surface area contributed by atoms with Crippen molar-refractivity contribution in [3.05, 3.63) is 0 Å². The van der Waals surface area contributed by atoms with Gasteiger partial charge in [0.05, 0.1) is 6.61 Å². The van der Waals surface area contributed by atoms with Crippen LogP contribution in [-0.2, 0) is 0 Å². The van der Waals surface area contributed by atoms with Crippen LogP contribution in [0.25, 0.3) is 0 Å². The molecule has 2 saturated heterocycles. The molecule has 2 heteroatoms. The van der Waals surface area contributed by atoms with E-state index in [2.05, 4.69) is 12.2 Å². The first kappa shape index (κ1) is 6.62. The third-order valence-corrected chi connectivity index (χ3v) is 3.20. The quantitative estimate of drug-likeness (QED) is 0.553. The summed E-state index contributed by atoms with van der Waals surface area (Å²) in [6.07, 6.45) is 2.69. The number of aliphatic hydroxyl groups excluding tert-OH is 1. The SMILES string of the molecule is C[C@H]1C2CC(C2)N[C@@H]1CO. The molecule has 0 amide bonds. The normalized spacial score (nSPS) is 52.2. The van der Waals surface area contributed by atoms with Gasteiger partial charge in [0.1, 0.15) is 0 Å². The Balaban J connectivity index is 1.99. The number of rotatable bonds is 1. The molecule has 0 spiro atoms. The molecule has 2 nitrogen and oxygen atoms in total. The van der Waals surface area contributed by atoms with Crippen LogP contribution < -0.4 is 5.32 Å². The lowest BCUT2D eigenvalue weighted by Gasteiger charge is -2.50. The average molecular weight is 141 g/mol. The highest BCUT2D eigenvalue weighted by atomic mass is 16.3. The maximum absolute atomic E-state index is 8.94. The first-order chi connectivity index (χ1) is 4.81. The van der Waals surface area contributed by atoms with Gasteiger partial charge in [0.15, 0.2) is 0 Å². The summed E-state index contributed by atoms with van der Waals surface area (Å²) in [7, 11) is 0. The summed E-state index contributed by atoms with van der Waals surface area (Å²) in [5, 5.41) is 12.4. The summed E-state index contributed by atoms with van der Waals surface area (Å²) >= 11 is 0. The third-order valence-electron chi connectivity index (χ3n) is 3.20. The maximum atomic E-state index is 8.94. The van der Waals surface area contributed by atoms with Crippen LogP contribution in [0, 0.1) is 11.8 Å². The maximum Gasteiger partial charge on any atom is 0.0587 e. The van der Waals surface area contributed by atoms with Crippen LogP contribution in [0.4, 0.5) is 0 Å². The van der Waals surface area contributed by atoms with Gasteiger partial charge in [0.25, 0.3) is 0 Å². The van der Waals surface area contributed by atoms with E-state index in [0.29, 0.717) is 18.6 Å². The van der Waals surface area contributed by atoms with Crippen LogP contribution in [0.2, 0.25) is 0 Å². The van der Waals surface area contributed by atoms with E-state index in [-0.39, 0.29) is 0 Å². The summed E-state index contributed by atoms with van der Waals surface area (Å²) in [6, 6.07) is 1.12. The second-order valence-corrected chi connectivity index (χ2v) is 3.74. The summed E-state index contributed by atoms with van der Waals surface area (Å²) in [5.41, 5.74) is 0. The monoisotopic (exact) mass is 141 g/mol. The molecule has 2 bridgehead atoms. The molecule has 1 aliphatic carbocycles. The molecule has 2 N–H and O–H groups in total. The number of aliphatic hydroxyl groups is 1. The first-order valence-electron chi connectivity index (χ1n) is 4.18. The summed E-state index contributed by atoms with van der Waals surface area (Å²) in [4.78, 5) is 0. The highest BCUT2D eigenvalue weighted by Crippen LogP contribution is 2.40. The fourth-order valence-electron chi connectivity index (χ4n) is 2.23. The zero-order valence-corrected chi connectivity index (χ0v) is 6.38. The number of fused-ring (bicyclic) bond motifs is 2. The van der Waals surface area contributed by atoms with Gasteiger partial charge in [-0.15, -0.1) is 0 Å². The van der Waals surface area contributed by atoms with Crippen LogP contribution in [0.5, 0.6) is 0 Å². The van der Waals surface area contributed by atoms with Gasteiger partial charge in [-0.25, -0.2) is 0 Å². The van der Waals surface area contributed by atoms with E-state index in [0.717, 1.165) is 12.0 Å². The van der Waals surface area contributed by atoms with E-state index in [1.165, 1.54) is 12.8 Å². The Morgan fingerprint density at radius 3 is 2.60 bits per heavy atom. The molecule has 10 heavy (non-hydrogen) atoms. The molecule has 1 saturated carbocycles. The van der Waals surface area contributed by atoms with Gasteiger partial charge in [-0.05, 0) is 24.7 Å². The first-order valence-corrected chi connectivity index (χ1v) is 4.18. The van der Waals surface area contributed by atoms with E-state index < -0.39 is 0 Å². The molecule has 0 radical (unpaired) electrons. The minimum absolute atomic E-state index is 0.314. The van der Waals surface area contributed by atoms with Gasteiger partial charge in [-0.1, -0.05) is 6.92 Å². The topological polar surface area (TPSA) is 32.3 Å². The Labute approximate surface area is 61.6 Å². The van der Waals surface area contributed by atoms with Crippen LogP contribution in [0.3, 0.4) is 0 Å². The van der Waals surface area contributed by atoms with Crippen molar-refractivity contribution < 1.29 is 5.11 Å². The number of piperidine rings is 2. The summed E-state index contributed by atoms with van der Waals surface area (Å²) in [5.74, 6) is 1.60. The van der Waals surface area contributed by atoms with Crippen molar-refractivity contribution in [1.82, 2.24) is 5.32 Å². The molecule has 0 unspecified atom stereocenters. The van der Waals surface area contributed by atoms with Crippen molar-refractivity contribution in [2.45, 2.75) is 31.8 Å². The van der Waals surface area contributed by atoms with Gasteiger partial charge < -0.3 is 10.4 Å². The highest BCUT2D eigenvalue weighted by molar-refractivity contribution is 4.98. The molecular formula is C8H15NO. The smallest absolute Gasteiger partial charge is 0.0587 e. The standard InChI is InChI=1S/C8H15NO/c1-5-6-2-7(3-6)9-8(5)4-10/h5-10H,2-4H2,1H3/t5-,6?,7?,8+/m0/s1. The number of hydrogen-bond donors (Lipinski definition) is 2. The Kier molecular flexibility index (Phi) is 1.46. The highest BCUT2D eigenvalue weighted by Gasteiger charge is 2.42. The van der Waals surface area contributed by atoms with Gasteiger partial charge >= 0.3 is 0 Å². The van der Waals surface area contributed by atoms with Gasteiger partial charge in [-0.3, -0.25) is 0 Å². The Morgan fingerprint density at radius 2 is 2.20 bits per heavy atom. The molecule has 3 fully saturated rings. The second-order valence-electron chi connectivity index (χ2n) is 3.74. The van der Waals surface area contributed by atoms with E-state index in [9.17, 15) is 0 Å². The van der Waals surface area contributed by atoms with Crippen molar-refractivity contribution >= 4 is 0 Å². The molecule has 3 aliphatic rings. The minimum Gasteiger partial charge on any atom is -0.395 e. The Hall–Kier alpha value is -0.0800. The second kappa shape index (κ2) is 2.21. The van der Waals surface area contributed by atoms with Gasteiger partial charge in [-0.2, -0.15) is 0 Å². The molecule has 3 rings (SSSR count). The molecule has 2 heterocycles. The Bertz CT molecular complexity index is 131. The number of nitrogens with one attached hydrogen (secondary N) is 1. The molecule has 2 aliphatic heterocycles. The van der Waals surface area contributed by atoms with Crippen molar-refractivity contribution in [2.75, 3.05) is 6.61 Å². The van der Waals surface area contributed by atoms with E-state index >= 15 is 0 Å². The van der Waals surface area contributed by atoms with Crippen molar-refractivity contribution in [1.29, 1.82) is 0 Å². The fourth-order valence-corrected chi connectivity index (χ4v) is 2.23. The predicted octanol–water partition coefficient (Wildman–Crippen LogP) is 0.365. The molecule has 58 valence electrons. The van der Waals surface area contributed by atoms with E-state index in [1.807, 2.05) is 0 Å². The molecule has 0 aromatic rings. The predicted molar refractivity (Wildman–Crippen MR) is 39.7 cm³/mol. The Morgan fingerprint density at radius 1 is 1.50 bits per heavy atom. The molecule has 2 atom stereocenters.